The molecule has 6 heteroatoms. The van der Waals surface area contributed by atoms with E-state index in [1.165, 1.54) is 12.1 Å². The molecular formula is C12H15F2NO3. The molecule has 0 saturated heterocycles. The van der Waals surface area contributed by atoms with Gasteiger partial charge in [-0.25, -0.2) is 0 Å². The van der Waals surface area contributed by atoms with Crippen LogP contribution in [-0.4, -0.2) is 19.2 Å². The fourth-order valence-corrected chi connectivity index (χ4v) is 1.41. The van der Waals surface area contributed by atoms with Gasteiger partial charge in [-0.05, 0) is 24.6 Å². The largest absolute Gasteiger partial charge is 0.466 e. The fraction of sp³-hybridized carbons (Fsp3) is 0.417. The van der Waals surface area contributed by atoms with Crippen LogP contribution in [0, 0.1) is 0 Å². The van der Waals surface area contributed by atoms with Crippen molar-refractivity contribution in [2.45, 2.75) is 26.0 Å². The van der Waals surface area contributed by atoms with E-state index in [1.807, 2.05) is 0 Å². The summed E-state index contributed by atoms with van der Waals surface area (Å²) in [6.07, 6.45) is 0.0445. The lowest BCUT2D eigenvalue weighted by Gasteiger charge is -2.12. The first-order valence-electron chi connectivity index (χ1n) is 5.49. The molecule has 0 amide bonds. The van der Waals surface area contributed by atoms with Crippen LogP contribution in [0.1, 0.15) is 24.9 Å². The average molecular weight is 259 g/mol. The van der Waals surface area contributed by atoms with E-state index in [9.17, 15) is 13.6 Å². The summed E-state index contributed by atoms with van der Waals surface area (Å²) in [5.74, 6) is -0.338. The molecule has 18 heavy (non-hydrogen) atoms. The zero-order valence-corrected chi connectivity index (χ0v) is 9.94. The minimum Gasteiger partial charge on any atom is -0.466 e. The lowest BCUT2D eigenvalue weighted by atomic mass is 10.0. The van der Waals surface area contributed by atoms with Crippen LogP contribution in [0.15, 0.2) is 24.3 Å². The zero-order valence-electron chi connectivity index (χ0n) is 9.94. The molecule has 1 aromatic rings. The smallest absolute Gasteiger partial charge is 0.387 e. The summed E-state index contributed by atoms with van der Waals surface area (Å²) >= 11 is 0. The number of carbonyl (C=O) groups excluding carboxylic acids is 1. The van der Waals surface area contributed by atoms with Crippen LogP contribution in [0.2, 0.25) is 0 Å². The highest BCUT2D eigenvalue weighted by atomic mass is 19.3. The number of carbonyl (C=O) groups is 1. The van der Waals surface area contributed by atoms with Gasteiger partial charge in [-0.15, -0.1) is 0 Å². The highest BCUT2D eigenvalue weighted by molar-refractivity contribution is 5.70. The second kappa shape index (κ2) is 6.90. The number of hydrogen-bond donors (Lipinski definition) is 1. The normalized spacial score (nSPS) is 12.3. The van der Waals surface area contributed by atoms with Gasteiger partial charge in [0.15, 0.2) is 0 Å². The van der Waals surface area contributed by atoms with Crippen molar-refractivity contribution in [2.24, 2.45) is 5.73 Å². The van der Waals surface area contributed by atoms with Gasteiger partial charge in [0.05, 0.1) is 13.0 Å². The van der Waals surface area contributed by atoms with Crippen LogP contribution in [0.3, 0.4) is 0 Å². The van der Waals surface area contributed by atoms with Crippen LogP contribution in [-0.2, 0) is 9.53 Å². The number of benzene rings is 1. The molecule has 1 atom stereocenters. The Kier molecular flexibility index (Phi) is 5.51. The average Bonchev–Trinajstić information content (AvgIpc) is 2.29. The monoisotopic (exact) mass is 259 g/mol. The Morgan fingerprint density at radius 1 is 1.33 bits per heavy atom. The van der Waals surface area contributed by atoms with Gasteiger partial charge < -0.3 is 15.2 Å². The summed E-state index contributed by atoms with van der Waals surface area (Å²) in [6, 6.07) is 5.33. The summed E-state index contributed by atoms with van der Waals surface area (Å²) in [4.78, 5) is 11.2. The van der Waals surface area contributed by atoms with Gasteiger partial charge in [0, 0.05) is 6.04 Å². The number of ether oxygens (including phenoxy) is 2. The molecule has 0 fully saturated rings. The predicted molar refractivity (Wildman–Crippen MR) is 61.3 cm³/mol. The third-order valence-electron chi connectivity index (χ3n) is 2.23. The van der Waals surface area contributed by atoms with E-state index in [0.29, 0.717) is 12.2 Å². The van der Waals surface area contributed by atoms with Crippen molar-refractivity contribution in [3.63, 3.8) is 0 Å². The molecular weight excluding hydrogens is 244 g/mol. The molecule has 0 heterocycles. The van der Waals surface area contributed by atoms with Crippen molar-refractivity contribution in [2.75, 3.05) is 6.61 Å². The van der Waals surface area contributed by atoms with E-state index < -0.39 is 18.6 Å². The lowest BCUT2D eigenvalue weighted by molar-refractivity contribution is -0.143. The van der Waals surface area contributed by atoms with Crippen LogP contribution in [0.4, 0.5) is 8.78 Å². The van der Waals surface area contributed by atoms with Gasteiger partial charge in [0.2, 0.25) is 0 Å². The van der Waals surface area contributed by atoms with E-state index in [-0.39, 0.29) is 12.2 Å². The Hall–Kier alpha value is -1.69. The summed E-state index contributed by atoms with van der Waals surface area (Å²) in [7, 11) is 0. The first-order chi connectivity index (χ1) is 8.52. The van der Waals surface area contributed by atoms with Crippen molar-refractivity contribution in [3.05, 3.63) is 29.8 Å². The van der Waals surface area contributed by atoms with Crippen LogP contribution in [0.25, 0.3) is 0 Å². The molecule has 2 N–H and O–H groups in total. The fourth-order valence-electron chi connectivity index (χ4n) is 1.41. The van der Waals surface area contributed by atoms with Gasteiger partial charge >= 0.3 is 12.6 Å². The van der Waals surface area contributed by atoms with E-state index in [1.54, 1.807) is 19.1 Å². The maximum Gasteiger partial charge on any atom is 0.387 e. The molecule has 0 aliphatic heterocycles. The molecule has 0 unspecified atom stereocenters. The molecule has 100 valence electrons. The third kappa shape index (κ3) is 4.67. The predicted octanol–water partition coefficient (Wildman–Crippen LogP) is 2.24. The molecule has 0 spiro atoms. The van der Waals surface area contributed by atoms with Crippen molar-refractivity contribution < 1.29 is 23.0 Å². The second-order valence-corrected chi connectivity index (χ2v) is 3.56. The molecule has 4 nitrogen and oxygen atoms in total. The van der Waals surface area contributed by atoms with E-state index >= 15 is 0 Å². The number of esters is 1. The number of halogens is 2. The Morgan fingerprint density at radius 3 is 2.44 bits per heavy atom. The van der Waals surface area contributed by atoms with Gasteiger partial charge in [-0.1, -0.05) is 12.1 Å². The molecule has 0 bridgehead atoms. The topological polar surface area (TPSA) is 61.5 Å². The van der Waals surface area contributed by atoms with Crippen molar-refractivity contribution in [3.8, 4) is 5.75 Å². The van der Waals surface area contributed by atoms with Crippen LogP contribution in [0.5, 0.6) is 5.75 Å². The van der Waals surface area contributed by atoms with Gasteiger partial charge in [-0.2, -0.15) is 8.78 Å². The molecule has 0 aromatic heterocycles. The molecule has 1 rings (SSSR count). The highest BCUT2D eigenvalue weighted by Gasteiger charge is 2.13. The Bertz CT molecular complexity index is 381. The molecule has 1 aromatic carbocycles. The summed E-state index contributed by atoms with van der Waals surface area (Å²) in [5.41, 5.74) is 6.44. The quantitative estimate of drug-likeness (QED) is 0.796. The van der Waals surface area contributed by atoms with Gasteiger partial charge in [-0.3, -0.25) is 4.79 Å². The van der Waals surface area contributed by atoms with E-state index in [0.717, 1.165) is 0 Å². The zero-order chi connectivity index (χ0) is 13.5. The maximum absolute atomic E-state index is 11.9. The van der Waals surface area contributed by atoms with Crippen molar-refractivity contribution in [1.29, 1.82) is 0 Å². The van der Waals surface area contributed by atoms with Crippen LogP contribution < -0.4 is 10.5 Å². The van der Waals surface area contributed by atoms with Gasteiger partial charge in [0.1, 0.15) is 5.75 Å². The maximum atomic E-state index is 11.9. The Morgan fingerprint density at radius 2 is 1.94 bits per heavy atom. The third-order valence-corrected chi connectivity index (χ3v) is 2.23. The first-order valence-corrected chi connectivity index (χ1v) is 5.49. The first kappa shape index (κ1) is 14.4. The Labute approximate surface area is 104 Å². The van der Waals surface area contributed by atoms with Gasteiger partial charge in [0.25, 0.3) is 0 Å². The number of alkyl halides is 2. The highest BCUT2D eigenvalue weighted by Crippen LogP contribution is 2.20. The number of hydrogen-bond acceptors (Lipinski definition) is 4. The Balaban J connectivity index is 2.58. The van der Waals surface area contributed by atoms with E-state index in [4.69, 9.17) is 10.5 Å². The standard InChI is InChI=1S/C12H15F2NO3/c1-2-17-11(16)7-10(15)8-3-5-9(6-4-8)18-12(13)14/h3-6,10,12H,2,7,15H2,1H3/t10-/m0/s1. The summed E-state index contributed by atoms with van der Waals surface area (Å²) < 4.78 is 32.8. The minimum atomic E-state index is -2.86. The SMILES string of the molecule is CCOC(=O)C[C@H](N)c1ccc(OC(F)F)cc1. The number of rotatable bonds is 6. The molecule has 0 saturated carbocycles. The number of nitrogens with two attached hydrogens (primary N) is 1. The summed E-state index contributed by atoms with van der Waals surface area (Å²) in [5, 5.41) is 0. The molecule has 0 aliphatic rings. The van der Waals surface area contributed by atoms with Crippen molar-refractivity contribution >= 4 is 5.97 Å². The van der Waals surface area contributed by atoms with Crippen LogP contribution >= 0.6 is 0 Å². The van der Waals surface area contributed by atoms with E-state index in [2.05, 4.69) is 4.74 Å². The molecule has 0 aliphatic carbocycles. The minimum absolute atomic E-state index is 0.0445. The van der Waals surface area contributed by atoms with Crippen molar-refractivity contribution in [1.82, 2.24) is 0 Å². The second-order valence-electron chi connectivity index (χ2n) is 3.56. The molecule has 0 radical (unpaired) electrons. The summed E-state index contributed by atoms with van der Waals surface area (Å²) in [6.45, 7) is -0.851. The lowest BCUT2D eigenvalue weighted by Crippen LogP contribution is -2.17.